The maximum atomic E-state index is 13.0. The van der Waals surface area contributed by atoms with E-state index in [1.165, 1.54) is 30.1 Å². The topological polar surface area (TPSA) is 61.4 Å². The van der Waals surface area contributed by atoms with Crippen molar-refractivity contribution in [2.24, 2.45) is 0 Å². The van der Waals surface area contributed by atoms with Crippen LogP contribution >= 0.6 is 11.6 Å². The summed E-state index contributed by atoms with van der Waals surface area (Å²) >= 11 is 5.55. The third-order valence-electron chi connectivity index (χ3n) is 4.13. The van der Waals surface area contributed by atoms with E-state index in [1.807, 2.05) is 0 Å². The summed E-state index contributed by atoms with van der Waals surface area (Å²) in [6.45, 7) is 1.40. The lowest BCUT2D eigenvalue weighted by atomic mass is 10.1. The van der Waals surface area contributed by atoms with Crippen molar-refractivity contribution in [2.75, 3.05) is 25.5 Å². The lowest BCUT2D eigenvalue weighted by Crippen LogP contribution is -2.39. The largest absolute Gasteiger partial charge is 0.417 e. The van der Waals surface area contributed by atoms with Crippen LogP contribution in [0.3, 0.4) is 0 Å². The minimum atomic E-state index is -4.64. The van der Waals surface area contributed by atoms with Gasteiger partial charge in [-0.25, -0.2) is 4.39 Å². The fraction of sp³-hybridized carbons (Fsp3) is 0.300. The van der Waals surface area contributed by atoms with Crippen LogP contribution in [0.2, 0.25) is 5.02 Å². The molecule has 1 atom stereocenters. The minimum Gasteiger partial charge on any atom is -0.348 e. The summed E-state index contributed by atoms with van der Waals surface area (Å²) in [5.41, 5.74) is -0.391. The molecule has 0 aromatic heterocycles. The summed E-state index contributed by atoms with van der Waals surface area (Å²) < 4.78 is 51.7. The number of alkyl halides is 3. The minimum absolute atomic E-state index is 0.0560. The van der Waals surface area contributed by atoms with Gasteiger partial charge >= 0.3 is 6.18 Å². The Morgan fingerprint density at radius 3 is 2.27 bits per heavy atom. The van der Waals surface area contributed by atoms with Crippen LogP contribution in [0.25, 0.3) is 0 Å². The monoisotopic (exact) mass is 445 g/mol. The molecule has 0 bridgehead atoms. The number of amides is 2. The van der Waals surface area contributed by atoms with Crippen molar-refractivity contribution in [3.05, 3.63) is 64.4 Å². The average Bonchev–Trinajstić information content (AvgIpc) is 2.62. The molecule has 2 aromatic rings. The predicted octanol–water partition coefficient (Wildman–Crippen LogP) is 4.25. The standard InChI is InChI=1S/C20H20ClF4N3O2/c1-12(13-3-5-14(22)6-4-13)26-18(29)10-28(2)11-19(30)27-15-7-8-17(21)16(9-15)20(23,24)25/h3-9,12H,10-11H2,1-2H3,(H,26,29)(H,27,30). The predicted molar refractivity (Wildman–Crippen MR) is 106 cm³/mol. The van der Waals surface area contributed by atoms with Gasteiger partial charge < -0.3 is 10.6 Å². The number of carbonyl (C=O) groups is 2. The van der Waals surface area contributed by atoms with Crippen LogP contribution in [0.1, 0.15) is 24.1 Å². The quantitative estimate of drug-likeness (QED) is 0.626. The zero-order valence-corrected chi connectivity index (χ0v) is 16.9. The first kappa shape index (κ1) is 23.6. The van der Waals surface area contributed by atoms with Gasteiger partial charge in [0.1, 0.15) is 5.82 Å². The highest BCUT2D eigenvalue weighted by atomic mass is 35.5. The second-order valence-electron chi connectivity index (χ2n) is 6.75. The number of anilines is 1. The second kappa shape index (κ2) is 9.90. The van der Waals surface area contributed by atoms with Gasteiger partial charge in [-0.1, -0.05) is 23.7 Å². The molecule has 10 heteroatoms. The van der Waals surface area contributed by atoms with Crippen LogP contribution in [0, 0.1) is 5.82 Å². The van der Waals surface area contributed by atoms with Crippen LogP contribution in [0.5, 0.6) is 0 Å². The lowest BCUT2D eigenvalue weighted by Gasteiger charge is -2.19. The fourth-order valence-corrected chi connectivity index (χ4v) is 2.91. The molecular formula is C20H20ClF4N3O2. The Balaban J connectivity index is 1.87. The average molecular weight is 446 g/mol. The van der Waals surface area contributed by atoms with Gasteiger partial charge in [0, 0.05) is 5.69 Å². The number of hydrogen-bond acceptors (Lipinski definition) is 3. The summed E-state index contributed by atoms with van der Waals surface area (Å²) in [6, 6.07) is 8.37. The highest BCUT2D eigenvalue weighted by Gasteiger charge is 2.33. The zero-order chi connectivity index (χ0) is 22.5. The van der Waals surface area contributed by atoms with Gasteiger partial charge in [0.05, 0.1) is 29.7 Å². The van der Waals surface area contributed by atoms with E-state index in [-0.39, 0.29) is 36.5 Å². The summed E-state index contributed by atoms with van der Waals surface area (Å²) in [5.74, 6) is -1.34. The van der Waals surface area contributed by atoms with E-state index in [4.69, 9.17) is 11.6 Å². The number of hydrogen-bond donors (Lipinski definition) is 2. The number of nitrogens with one attached hydrogen (secondary N) is 2. The van der Waals surface area contributed by atoms with Crippen molar-refractivity contribution in [3.8, 4) is 0 Å². The van der Waals surface area contributed by atoms with Crippen LogP contribution in [0.4, 0.5) is 23.2 Å². The Morgan fingerprint density at radius 1 is 1.07 bits per heavy atom. The maximum absolute atomic E-state index is 13.0. The molecule has 0 saturated heterocycles. The summed E-state index contributed by atoms with van der Waals surface area (Å²) in [7, 11) is 1.52. The van der Waals surface area contributed by atoms with Gasteiger partial charge in [-0.3, -0.25) is 14.5 Å². The number of rotatable bonds is 7. The zero-order valence-electron chi connectivity index (χ0n) is 16.2. The number of likely N-dealkylation sites (N-methyl/N-ethyl adjacent to an activating group) is 1. The summed E-state index contributed by atoms with van der Waals surface area (Å²) in [4.78, 5) is 25.6. The van der Waals surface area contributed by atoms with Gasteiger partial charge in [-0.2, -0.15) is 13.2 Å². The molecule has 2 N–H and O–H groups in total. The normalized spacial score (nSPS) is 12.5. The van der Waals surface area contributed by atoms with Gasteiger partial charge in [-0.15, -0.1) is 0 Å². The first-order valence-electron chi connectivity index (χ1n) is 8.85. The first-order valence-corrected chi connectivity index (χ1v) is 9.23. The van der Waals surface area contributed by atoms with Crippen LogP contribution in [-0.2, 0) is 15.8 Å². The summed E-state index contributed by atoms with van der Waals surface area (Å²) in [5, 5.41) is 4.61. The van der Waals surface area contributed by atoms with Crippen molar-refractivity contribution in [3.63, 3.8) is 0 Å². The Morgan fingerprint density at radius 2 is 1.67 bits per heavy atom. The molecule has 0 spiro atoms. The molecule has 2 amide bonds. The molecule has 0 saturated carbocycles. The SMILES string of the molecule is CC(NC(=O)CN(C)CC(=O)Nc1ccc(Cl)c(C(F)(F)F)c1)c1ccc(F)cc1. The van der Waals surface area contributed by atoms with E-state index < -0.39 is 22.7 Å². The Hall–Kier alpha value is -2.65. The third kappa shape index (κ3) is 7.00. The molecule has 0 aliphatic rings. The van der Waals surface area contributed by atoms with E-state index in [9.17, 15) is 27.2 Å². The Bertz CT molecular complexity index is 904. The van der Waals surface area contributed by atoms with Gasteiger partial charge in [0.25, 0.3) is 0 Å². The lowest BCUT2D eigenvalue weighted by molar-refractivity contribution is -0.137. The smallest absolute Gasteiger partial charge is 0.348 e. The number of benzene rings is 2. The third-order valence-corrected chi connectivity index (χ3v) is 4.46. The molecule has 0 fully saturated rings. The molecular weight excluding hydrogens is 426 g/mol. The van der Waals surface area contributed by atoms with E-state index >= 15 is 0 Å². The van der Waals surface area contributed by atoms with E-state index in [0.29, 0.717) is 5.56 Å². The fourth-order valence-electron chi connectivity index (χ4n) is 2.69. The van der Waals surface area contributed by atoms with Crippen molar-refractivity contribution in [1.82, 2.24) is 10.2 Å². The van der Waals surface area contributed by atoms with E-state index in [0.717, 1.165) is 12.1 Å². The highest BCUT2D eigenvalue weighted by Crippen LogP contribution is 2.36. The van der Waals surface area contributed by atoms with Crippen molar-refractivity contribution < 1.29 is 27.2 Å². The van der Waals surface area contributed by atoms with Crippen molar-refractivity contribution >= 4 is 29.1 Å². The van der Waals surface area contributed by atoms with Gasteiger partial charge in [-0.05, 0) is 49.9 Å². The molecule has 5 nitrogen and oxygen atoms in total. The molecule has 162 valence electrons. The number of nitrogens with zero attached hydrogens (tertiary/aromatic N) is 1. The maximum Gasteiger partial charge on any atom is 0.417 e. The Labute approximate surface area is 176 Å². The van der Waals surface area contributed by atoms with Gasteiger partial charge in [0.2, 0.25) is 11.8 Å². The number of carbonyl (C=O) groups excluding carboxylic acids is 2. The van der Waals surface area contributed by atoms with Crippen LogP contribution < -0.4 is 10.6 Å². The summed E-state index contributed by atoms with van der Waals surface area (Å²) in [6.07, 6.45) is -4.64. The van der Waals surface area contributed by atoms with E-state index in [2.05, 4.69) is 10.6 Å². The molecule has 0 heterocycles. The molecule has 0 aliphatic carbocycles. The van der Waals surface area contributed by atoms with Crippen LogP contribution in [0.15, 0.2) is 42.5 Å². The van der Waals surface area contributed by atoms with E-state index in [1.54, 1.807) is 19.1 Å². The first-order chi connectivity index (χ1) is 14.0. The molecule has 2 aromatic carbocycles. The second-order valence-corrected chi connectivity index (χ2v) is 7.16. The highest BCUT2D eigenvalue weighted by molar-refractivity contribution is 6.31. The van der Waals surface area contributed by atoms with Crippen LogP contribution in [-0.4, -0.2) is 36.9 Å². The van der Waals surface area contributed by atoms with Gasteiger partial charge in [0.15, 0.2) is 0 Å². The molecule has 0 aliphatic heterocycles. The Kier molecular flexibility index (Phi) is 7.80. The molecule has 2 rings (SSSR count). The molecule has 0 radical (unpaired) electrons. The number of halogens is 5. The van der Waals surface area contributed by atoms with Crippen molar-refractivity contribution in [2.45, 2.75) is 19.1 Å². The molecule has 1 unspecified atom stereocenters. The molecule has 30 heavy (non-hydrogen) atoms. The van der Waals surface area contributed by atoms with Crippen molar-refractivity contribution in [1.29, 1.82) is 0 Å².